The van der Waals surface area contributed by atoms with E-state index in [0.717, 1.165) is 46.3 Å². The molecule has 138 valence electrons. The predicted octanol–water partition coefficient (Wildman–Crippen LogP) is 4.62. The molecule has 0 radical (unpaired) electrons. The molecule has 27 heavy (non-hydrogen) atoms. The molecule has 0 unspecified atom stereocenters. The van der Waals surface area contributed by atoms with Crippen molar-refractivity contribution in [3.63, 3.8) is 0 Å². The average Bonchev–Trinajstić information content (AvgIpc) is 2.92. The van der Waals surface area contributed by atoms with E-state index in [1.54, 1.807) is 0 Å². The number of aromatic nitrogens is 3. The molecule has 0 N–H and O–H groups in total. The largest absolute Gasteiger partial charge is 0.324 e. The lowest BCUT2D eigenvalue weighted by molar-refractivity contribution is -0.885. The van der Waals surface area contributed by atoms with Gasteiger partial charge in [-0.15, -0.1) is 0 Å². The third-order valence-corrected chi connectivity index (χ3v) is 5.52. The Labute approximate surface area is 160 Å². The molecule has 4 nitrogen and oxygen atoms in total. The van der Waals surface area contributed by atoms with Gasteiger partial charge in [0.25, 0.3) is 0 Å². The summed E-state index contributed by atoms with van der Waals surface area (Å²) in [4.78, 5) is 10.0. The molecule has 0 aliphatic rings. The number of hydrogen-bond acceptors (Lipinski definition) is 2. The van der Waals surface area contributed by atoms with E-state index in [9.17, 15) is 0 Å². The Kier molecular flexibility index (Phi) is 4.23. The van der Waals surface area contributed by atoms with Crippen LogP contribution in [0.2, 0.25) is 0 Å². The van der Waals surface area contributed by atoms with Crippen molar-refractivity contribution in [2.24, 2.45) is 0 Å². The molecule has 0 atom stereocenters. The molecule has 0 bridgehead atoms. The van der Waals surface area contributed by atoms with Crippen molar-refractivity contribution in [2.75, 3.05) is 27.2 Å². The van der Waals surface area contributed by atoms with Crippen molar-refractivity contribution in [1.82, 2.24) is 14.5 Å². The highest BCUT2D eigenvalue weighted by Crippen LogP contribution is 2.29. The summed E-state index contributed by atoms with van der Waals surface area (Å²) < 4.78 is 3.23. The predicted molar refractivity (Wildman–Crippen MR) is 114 cm³/mol. The Morgan fingerprint density at radius 1 is 1.04 bits per heavy atom. The number of benzene rings is 2. The lowest BCUT2D eigenvalue weighted by Crippen LogP contribution is -2.42. The maximum absolute atomic E-state index is 5.04. The number of para-hydroxylation sites is 1. The Morgan fingerprint density at radius 2 is 1.70 bits per heavy atom. The van der Waals surface area contributed by atoms with Crippen LogP contribution in [0.5, 0.6) is 0 Å². The van der Waals surface area contributed by atoms with Crippen molar-refractivity contribution in [1.29, 1.82) is 0 Å². The number of likely N-dealkylation sites (N-methyl/N-ethyl adjacent to an activating group) is 1. The van der Waals surface area contributed by atoms with Crippen LogP contribution in [0.25, 0.3) is 33.1 Å². The first kappa shape index (κ1) is 17.7. The van der Waals surface area contributed by atoms with Gasteiger partial charge in [0.15, 0.2) is 5.65 Å². The highest BCUT2D eigenvalue weighted by Gasteiger charge is 2.18. The van der Waals surface area contributed by atoms with Gasteiger partial charge in [0.1, 0.15) is 5.52 Å². The van der Waals surface area contributed by atoms with E-state index >= 15 is 0 Å². The Hall–Kier alpha value is -2.72. The maximum atomic E-state index is 5.04. The molecular formula is C23H27N4+. The summed E-state index contributed by atoms with van der Waals surface area (Å²) in [5, 5.41) is 1.18. The van der Waals surface area contributed by atoms with Crippen molar-refractivity contribution in [3.05, 3.63) is 60.2 Å². The first-order valence-corrected chi connectivity index (χ1v) is 9.48. The third-order valence-electron chi connectivity index (χ3n) is 5.52. The molecule has 0 saturated heterocycles. The summed E-state index contributed by atoms with van der Waals surface area (Å²) in [6, 6.07) is 12.8. The second kappa shape index (κ2) is 6.46. The van der Waals surface area contributed by atoms with Gasteiger partial charge in [0, 0.05) is 5.39 Å². The van der Waals surface area contributed by atoms with Gasteiger partial charge in [-0.3, -0.25) is 0 Å². The summed E-state index contributed by atoms with van der Waals surface area (Å²) >= 11 is 0. The number of fused-ring (bicyclic) bond motifs is 4. The van der Waals surface area contributed by atoms with Crippen LogP contribution >= 0.6 is 0 Å². The van der Waals surface area contributed by atoms with Gasteiger partial charge in [0.2, 0.25) is 0 Å². The minimum Gasteiger partial charge on any atom is -0.324 e. The van der Waals surface area contributed by atoms with Crippen LogP contribution in [0.1, 0.15) is 11.1 Å². The van der Waals surface area contributed by atoms with Crippen LogP contribution in [-0.4, -0.2) is 46.2 Å². The number of hydrogen-bond donors (Lipinski definition) is 0. The molecule has 0 aliphatic carbocycles. The molecule has 0 saturated carbocycles. The van der Waals surface area contributed by atoms with E-state index < -0.39 is 0 Å². The number of quaternary nitrogens is 1. The van der Waals surface area contributed by atoms with E-state index in [2.05, 4.69) is 75.5 Å². The third kappa shape index (κ3) is 3.10. The molecule has 2 aromatic heterocycles. The molecule has 0 spiro atoms. The van der Waals surface area contributed by atoms with Gasteiger partial charge in [-0.25, -0.2) is 9.97 Å². The van der Waals surface area contributed by atoms with E-state index in [-0.39, 0.29) is 0 Å². The zero-order chi connectivity index (χ0) is 19.2. The monoisotopic (exact) mass is 359 g/mol. The first-order chi connectivity index (χ1) is 12.9. The van der Waals surface area contributed by atoms with E-state index in [1.807, 2.05) is 6.08 Å². The maximum Gasteiger partial charge on any atom is 0.160 e. The standard InChI is InChI=1S/C23H27N4/c1-6-12-27(4,5)13-11-26-21-10-8-7-9-18(21)22-23(26)25-20-15-17(3)16(2)14-19(20)24-22/h6-10,14-15H,1,11-13H2,2-5H3/q+1. The molecule has 4 heteroatoms. The van der Waals surface area contributed by atoms with Gasteiger partial charge in [-0.2, -0.15) is 0 Å². The molecular weight excluding hydrogens is 332 g/mol. The van der Waals surface area contributed by atoms with Gasteiger partial charge in [0.05, 0.1) is 50.3 Å². The minimum absolute atomic E-state index is 0.899. The van der Waals surface area contributed by atoms with Gasteiger partial charge in [-0.1, -0.05) is 24.8 Å². The number of aryl methyl sites for hydroxylation is 2. The van der Waals surface area contributed by atoms with Gasteiger partial charge < -0.3 is 9.05 Å². The fourth-order valence-electron chi connectivity index (χ4n) is 3.73. The Bertz CT molecular complexity index is 1170. The van der Waals surface area contributed by atoms with Crippen LogP contribution < -0.4 is 0 Å². The lowest BCUT2D eigenvalue weighted by atomic mass is 10.1. The van der Waals surface area contributed by atoms with Crippen LogP contribution in [0.3, 0.4) is 0 Å². The molecule has 4 rings (SSSR count). The second-order valence-corrected chi connectivity index (χ2v) is 8.12. The van der Waals surface area contributed by atoms with Crippen LogP contribution in [0.4, 0.5) is 0 Å². The number of rotatable bonds is 5. The van der Waals surface area contributed by atoms with Crippen LogP contribution in [-0.2, 0) is 6.54 Å². The first-order valence-electron chi connectivity index (χ1n) is 9.48. The quantitative estimate of drug-likeness (QED) is 0.385. The van der Waals surface area contributed by atoms with Crippen molar-refractivity contribution in [3.8, 4) is 0 Å². The molecule has 2 heterocycles. The topological polar surface area (TPSA) is 30.7 Å². The normalized spacial score (nSPS) is 12.3. The molecule has 4 aromatic rings. The summed E-state index contributed by atoms with van der Waals surface area (Å²) in [6.07, 6.45) is 1.99. The SMILES string of the molecule is C=CC[N+](C)(C)CCn1c2ccccc2c2nc3cc(C)c(C)cc3nc21. The molecule has 0 fully saturated rings. The summed E-state index contributed by atoms with van der Waals surface area (Å²) in [7, 11) is 4.48. The molecule has 0 amide bonds. The lowest BCUT2D eigenvalue weighted by Gasteiger charge is -2.28. The zero-order valence-electron chi connectivity index (χ0n) is 16.7. The smallest absolute Gasteiger partial charge is 0.160 e. The summed E-state index contributed by atoms with van der Waals surface area (Å²) in [5.41, 5.74) is 7.62. The fourth-order valence-corrected chi connectivity index (χ4v) is 3.73. The van der Waals surface area contributed by atoms with Crippen molar-refractivity contribution in [2.45, 2.75) is 20.4 Å². The zero-order valence-corrected chi connectivity index (χ0v) is 16.7. The van der Waals surface area contributed by atoms with Crippen LogP contribution in [0, 0.1) is 13.8 Å². The fraction of sp³-hybridized carbons (Fsp3) is 0.304. The van der Waals surface area contributed by atoms with E-state index in [1.165, 1.54) is 22.0 Å². The minimum atomic E-state index is 0.899. The second-order valence-electron chi connectivity index (χ2n) is 8.12. The summed E-state index contributed by atoms with van der Waals surface area (Å²) in [6.45, 7) is 11.0. The highest BCUT2D eigenvalue weighted by atomic mass is 15.3. The Morgan fingerprint density at radius 3 is 2.41 bits per heavy atom. The van der Waals surface area contributed by atoms with E-state index in [0.29, 0.717) is 0 Å². The van der Waals surface area contributed by atoms with Crippen molar-refractivity contribution >= 4 is 33.1 Å². The van der Waals surface area contributed by atoms with E-state index in [4.69, 9.17) is 9.97 Å². The van der Waals surface area contributed by atoms with Crippen LogP contribution in [0.15, 0.2) is 49.1 Å². The van der Waals surface area contributed by atoms with Gasteiger partial charge in [-0.05, 0) is 49.2 Å². The Balaban J connectivity index is 1.93. The van der Waals surface area contributed by atoms with Gasteiger partial charge >= 0.3 is 0 Å². The van der Waals surface area contributed by atoms with Crippen molar-refractivity contribution < 1.29 is 4.48 Å². The summed E-state index contributed by atoms with van der Waals surface area (Å²) in [5.74, 6) is 0. The number of nitrogens with zero attached hydrogens (tertiary/aromatic N) is 4. The highest BCUT2D eigenvalue weighted by molar-refractivity contribution is 6.06. The molecule has 2 aromatic carbocycles. The average molecular weight is 359 g/mol. The molecule has 0 aliphatic heterocycles.